The molecule has 0 amide bonds. The number of aromatic hydroxyl groups is 1. The van der Waals surface area contributed by atoms with Crippen molar-refractivity contribution in [1.29, 1.82) is 0 Å². The maximum absolute atomic E-state index is 12.2. The lowest BCUT2D eigenvalue weighted by Gasteiger charge is -2.04. The Hall–Kier alpha value is -2.46. The molecule has 0 radical (unpaired) electrons. The minimum absolute atomic E-state index is 0.0355. The number of ketones is 1. The van der Waals surface area contributed by atoms with Crippen molar-refractivity contribution in [3.05, 3.63) is 58.3 Å². The third-order valence-electron chi connectivity index (χ3n) is 3.13. The molecule has 0 unspecified atom stereocenters. The molecule has 3 rings (SSSR count). The molecule has 4 nitrogen and oxygen atoms in total. The summed E-state index contributed by atoms with van der Waals surface area (Å²) in [4.78, 5) is 12.2. The summed E-state index contributed by atoms with van der Waals surface area (Å²) in [6, 6.07) is 9.67. The normalized spacial score (nSPS) is 15.0. The standard InChI is InChI=1S/C16H11ClO4/c1-20-14-6-9(2-5-12(14)18)7-15-16(19)11-4-3-10(17)8-13(11)21-15/h2-8,18H,1H3/b15-7-. The van der Waals surface area contributed by atoms with Gasteiger partial charge in [0.15, 0.2) is 17.3 Å². The third-order valence-corrected chi connectivity index (χ3v) is 3.37. The lowest BCUT2D eigenvalue weighted by molar-refractivity contribution is 0.101. The monoisotopic (exact) mass is 302 g/mol. The van der Waals surface area contributed by atoms with Crippen molar-refractivity contribution < 1.29 is 19.4 Å². The molecule has 2 aromatic carbocycles. The Morgan fingerprint density at radius 2 is 2.05 bits per heavy atom. The van der Waals surface area contributed by atoms with E-state index in [4.69, 9.17) is 21.1 Å². The number of methoxy groups -OCH3 is 1. The Morgan fingerprint density at radius 1 is 1.24 bits per heavy atom. The largest absolute Gasteiger partial charge is 0.504 e. The van der Waals surface area contributed by atoms with Crippen molar-refractivity contribution in [1.82, 2.24) is 0 Å². The van der Waals surface area contributed by atoms with Crippen molar-refractivity contribution in [2.75, 3.05) is 7.11 Å². The topological polar surface area (TPSA) is 55.8 Å². The van der Waals surface area contributed by atoms with E-state index in [0.29, 0.717) is 27.6 Å². The molecular formula is C16H11ClO4. The summed E-state index contributed by atoms with van der Waals surface area (Å²) < 4.78 is 10.6. The van der Waals surface area contributed by atoms with E-state index >= 15 is 0 Å². The van der Waals surface area contributed by atoms with Crippen LogP contribution in [0.25, 0.3) is 6.08 Å². The number of phenols is 1. The van der Waals surface area contributed by atoms with Crippen LogP contribution in [0.1, 0.15) is 15.9 Å². The maximum atomic E-state index is 12.2. The van der Waals surface area contributed by atoms with Crippen LogP contribution in [-0.2, 0) is 0 Å². The van der Waals surface area contributed by atoms with Crippen molar-refractivity contribution in [2.24, 2.45) is 0 Å². The molecule has 0 bridgehead atoms. The number of carbonyl (C=O) groups excluding carboxylic acids is 1. The lowest BCUT2D eigenvalue weighted by atomic mass is 10.1. The van der Waals surface area contributed by atoms with Crippen LogP contribution in [0, 0.1) is 0 Å². The molecule has 0 saturated heterocycles. The average Bonchev–Trinajstić information content (AvgIpc) is 2.76. The lowest BCUT2D eigenvalue weighted by Crippen LogP contribution is -1.98. The highest BCUT2D eigenvalue weighted by atomic mass is 35.5. The van der Waals surface area contributed by atoms with Gasteiger partial charge in [0.25, 0.3) is 0 Å². The van der Waals surface area contributed by atoms with Gasteiger partial charge in [-0.3, -0.25) is 4.79 Å². The molecule has 1 heterocycles. The van der Waals surface area contributed by atoms with Crippen LogP contribution < -0.4 is 9.47 Å². The highest BCUT2D eigenvalue weighted by Crippen LogP contribution is 2.34. The number of ether oxygens (including phenoxy) is 2. The fourth-order valence-electron chi connectivity index (χ4n) is 2.10. The molecule has 1 N–H and O–H groups in total. The molecule has 2 aromatic rings. The molecule has 1 aliphatic heterocycles. The van der Waals surface area contributed by atoms with Gasteiger partial charge in [0.2, 0.25) is 5.78 Å². The number of halogens is 1. The van der Waals surface area contributed by atoms with Gasteiger partial charge in [-0.2, -0.15) is 0 Å². The molecule has 21 heavy (non-hydrogen) atoms. The molecular weight excluding hydrogens is 292 g/mol. The SMILES string of the molecule is COc1cc(/C=C2\Oc3cc(Cl)ccc3C2=O)ccc1O. The number of hydrogen-bond acceptors (Lipinski definition) is 4. The van der Waals surface area contributed by atoms with E-state index in [-0.39, 0.29) is 17.3 Å². The predicted molar refractivity (Wildman–Crippen MR) is 79.0 cm³/mol. The zero-order valence-electron chi connectivity index (χ0n) is 11.1. The Morgan fingerprint density at radius 3 is 2.81 bits per heavy atom. The summed E-state index contributed by atoms with van der Waals surface area (Å²) in [5, 5.41) is 10.1. The van der Waals surface area contributed by atoms with Crippen LogP contribution in [-0.4, -0.2) is 18.0 Å². The first-order chi connectivity index (χ1) is 10.1. The number of fused-ring (bicyclic) bond motifs is 1. The van der Waals surface area contributed by atoms with Crippen molar-refractivity contribution in [3.63, 3.8) is 0 Å². The highest BCUT2D eigenvalue weighted by molar-refractivity contribution is 6.31. The minimum Gasteiger partial charge on any atom is -0.504 e. The number of hydrogen-bond donors (Lipinski definition) is 1. The number of Topliss-reactive ketones (excluding diaryl/α,β-unsaturated/α-hetero) is 1. The van der Waals surface area contributed by atoms with Crippen LogP contribution >= 0.6 is 11.6 Å². The van der Waals surface area contributed by atoms with E-state index in [1.165, 1.54) is 13.2 Å². The number of carbonyl (C=O) groups is 1. The quantitative estimate of drug-likeness (QED) is 0.860. The molecule has 0 aromatic heterocycles. The molecule has 0 atom stereocenters. The minimum atomic E-state index is -0.200. The first kappa shape index (κ1) is 13.5. The van der Waals surface area contributed by atoms with E-state index in [1.807, 2.05) is 0 Å². The molecule has 5 heteroatoms. The Labute approximate surface area is 126 Å². The van der Waals surface area contributed by atoms with Crippen molar-refractivity contribution in [3.8, 4) is 17.2 Å². The van der Waals surface area contributed by atoms with Gasteiger partial charge in [-0.15, -0.1) is 0 Å². The van der Waals surface area contributed by atoms with E-state index < -0.39 is 0 Å². The highest BCUT2D eigenvalue weighted by Gasteiger charge is 2.27. The maximum Gasteiger partial charge on any atom is 0.231 e. The molecule has 0 saturated carbocycles. The number of allylic oxidation sites excluding steroid dienone is 1. The van der Waals surface area contributed by atoms with Gasteiger partial charge >= 0.3 is 0 Å². The van der Waals surface area contributed by atoms with E-state index in [1.54, 1.807) is 36.4 Å². The smallest absolute Gasteiger partial charge is 0.231 e. The van der Waals surface area contributed by atoms with Crippen LogP contribution in [0.4, 0.5) is 0 Å². The van der Waals surface area contributed by atoms with Crippen molar-refractivity contribution in [2.45, 2.75) is 0 Å². The molecule has 1 aliphatic rings. The van der Waals surface area contributed by atoms with E-state index in [2.05, 4.69) is 0 Å². The Bertz CT molecular complexity index is 765. The Balaban J connectivity index is 1.97. The van der Waals surface area contributed by atoms with E-state index in [0.717, 1.165) is 0 Å². The summed E-state index contributed by atoms with van der Waals surface area (Å²) in [6.45, 7) is 0. The van der Waals surface area contributed by atoms with Gasteiger partial charge < -0.3 is 14.6 Å². The molecule has 0 aliphatic carbocycles. The molecule has 0 fully saturated rings. The number of phenolic OH excluding ortho intramolecular Hbond substituents is 1. The average molecular weight is 303 g/mol. The zero-order valence-corrected chi connectivity index (χ0v) is 11.8. The van der Waals surface area contributed by atoms with Gasteiger partial charge in [-0.05, 0) is 35.9 Å². The van der Waals surface area contributed by atoms with Gasteiger partial charge in [-0.25, -0.2) is 0 Å². The van der Waals surface area contributed by atoms with Crippen LogP contribution in [0.5, 0.6) is 17.2 Å². The fourth-order valence-corrected chi connectivity index (χ4v) is 2.26. The number of benzene rings is 2. The first-order valence-corrected chi connectivity index (χ1v) is 6.57. The second-order valence-electron chi connectivity index (χ2n) is 4.51. The summed E-state index contributed by atoms with van der Waals surface area (Å²) in [6.07, 6.45) is 1.60. The fraction of sp³-hybridized carbons (Fsp3) is 0.0625. The van der Waals surface area contributed by atoms with Crippen LogP contribution in [0.3, 0.4) is 0 Å². The van der Waals surface area contributed by atoms with Crippen LogP contribution in [0.2, 0.25) is 5.02 Å². The third kappa shape index (κ3) is 2.45. The predicted octanol–water partition coefficient (Wildman–Crippen LogP) is 3.67. The van der Waals surface area contributed by atoms with Gasteiger partial charge in [0.05, 0.1) is 12.7 Å². The summed E-state index contributed by atoms with van der Waals surface area (Å²) in [5.41, 5.74) is 1.17. The van der Waals surface area contributed by atoms with Crippen LogP contribution in [0.15, 0.2) is 42.2 Å². The van der Waals surface area contributed by atoms with Gasteiger partial charge in [0, 0.05) is 11.1 Å². The van der Waals surface area contributed by atoms with Gasteiger partial charge in [-0.1, -0.05) is 17.7 Å². The zero-order chi connectivity index (χ0) is 15.0. The second-order valence-corrected chi connectivity index (χ2v) is 4.95. The number of rotatable bonds is 2. The molecule has 106 valence electrons. The summed E-state index contributed by atoms with van der Waals surface area (Å²) >= 11 is 5.88. The van der Waals surface area contributed by atoms with Gasteiger partial charge in [0.1, 0.15) is 5.75 Å². The van der Waals surface area contributed by atoms with E-state index in [9.17, 15) is 9.90 Å². The Kier molecular flexibility index (Phi) is 3.31. The van der Waals surface area contributed by atoms with Crippen molar-refractivity contribution >= 4 is 23.5 Å². The first-order valence-electron chi connectivity index (χ1n) is 6.19. The molecule has 0 spiro atoms. The summed E-state index contributed by atoms with van der Waals surface area (Å²) in [5.74, 6) is 0.821. The second kappa shape index (κ2) is 5.14. The summed E-state index contributed by atoms with van der Waals surface area (Å²) in [7, 11) is 1.46.